The topological polar surface area (TPSA) is 109 Å². The highest BCUT2D eigenvalue weighted by molar-refractivity contribution is 8.18. The lowest BCUT2D eigenvalue weighted by Gasteiger charge is -2.30. The normalized spacial score (nSPS) is 20.7. The van der Waals surface area contributed by atoms with Gasteiger partial charge in [-0.1, -0.05) is 18.2 Å². The van der Waals surface area contributed by atoms with E-state index < -0.39 is 22.9 Å². The standard InChI is InChI=1S/C27H25F3N6O2S/c28-27(29,30)18-5-1-3-16(13-18)23-17(4-2-11-31-23)15-33-19-6-8-20(9-7-19)34-25-32-12-10-21(35-25)14-22-24(37)36-26(38)39-22/h1-5,10-14,19-20,33H,6-9,15H2,(H,32,34,35)(H,36,37,38)/t19-,20-. The molecule has 1 aliphatic carbocycles. The van der Waals surface area contributed by atoms with Gasteiger partial charge < -0.3 is 10.6 Å². The second-order valence-electron chi connectivity index (χ2n) is 9.32. The number of hydrogen-bond donors (Lipinski definition) is 3. The van der Waals surface area contributed by atoms with Gasteiger partial charge in [-0.3, -0.25) is 19.9 Å². The molecule has 3 heterocycles. The molecule has 2 fully saturated rings. The van der Waals surface area contributed by atoms with Gasteiger partial charge in [0, 0.05) is 36.6 Å². The zero-order valence-corrected chi connectivity index (χ0v) is 21.5. The van der Waals surface area contributed by atoms with Crippen molar-refractivity contribution in [2.45, 2.75) is 50.5 Å². The van der Waals surface area contributed by atoms with Gasteiger partial charge in [-0.25, -0.2) is 9.97 Å². The third kappa shape index (κ3) is 6.82. The van der Waals surface area contributed by atoms with Gasteiger partial charge in [0.15, 0.2) is 0 Å². The molecule has 5 rings (SSSR count). The molecule has 39 heavy (non-hydrogen) atoms. The molecule has 1 saturated heterocycles. The Kier molecular flexibility index (Phi) is 7.94. The molecule has 1 saturated carbocycles. The minimum atomic E-state index is -4.41. The fourth-order valence-corrected chi connectivity index (χ4v) is 5.31. The van der Waals surface area contributed by atoms with E-state index in [0.717, 1.165) is 55.1 Å². The molecule has 0 radical (unpaired) electrons. The van der Waals surface area contributed by atoms with Crippen LogP contribution in [-0.4, -0.2) is 38.2 Å². The molecule has 12 heteroatoms. The Balaban J connectivity index is 1.16. The molecular weight excluding hydrogens is 529 g/mol. The van der Waals surface area contributed by atoms with Gasteiger partial charge in [0.05, 0.1) is 21.9 Å². The molecule has 0 unspecified atom stereocenters. The number of thioether (sulfide) groups is 1. The zero-order valence-electron chi connectivity index (χ0n) is 20.7. The summed E-state index contributed by atoms with van der Waals surface area (Å²) in [5.41, 5.74) is 1.65. The summed E-state index contributed by atoms with van der Waals surface area (Å²) in [6, 6.07) is 11.0. The fraction of sp³-hybridized carbons (Fsp3) is 0.296. The molecule has 2 aliphatic rings. The third-order valence-corrected chi connectivity index (χ3v) is 7.40. The largest absolute Gasteiger partial charge is 0.416 e. The van der Waals surface area contributed by atoms with E-state index in [1.54, 1.807) is 36.7 Å². The lowest BCUT2D eigenvalue weighted by molar-refractivity contribution is -0.137. The first-order valence-electron chi connectivity index (χ1n) is 12.4. The summed E-state index contributed by atoms with van der Waals surface area (Å²) in [6.45, 7) is 0.496. The average Bonchev–Trinajstić information content (AvgIpc) is 3.24. The van der Waals surface area contributed by atoms with E-state index in [1.165, 1.54) is 6.07 Å². The maximum absolute atomic E-state index is 13.2. The van der Waals surface area contributed by atoms with Crippen molar-refractivity contribution in [3.63, 3.8) is 0 Å². The predicted molar refractivity (Wildman–Crippen MR) is 142 cm³/mol. The summed E-state index contributed by atoms with van der Waals surface area (Å²) in [4.78, 5) is 36.5. The first-order chi connectivity index (χ1) is 18.7. The molecule has 0 spiro atoms. The first kappa shape index (κ1) is 26.8. The summed E-state index contributed by atoms with van der Waals surface area (Å²) in [5, 5.41) is 8.71. The van der Waals surface area contributed by atoms with Gasteiger partial charge in [0.1, 0.15) is 0 Å². The van der Waals surface area contributed by atoms with Crippen LogP contribution in [0.25, 0.3) is 17.3 Å². The number of anilines is 1. The number of alkyl halides is 3. The lowest BCUT2D eigenvalue weighted by atomic mass is 9.91. The van der Waals surface area contributed by atoms with Crippen molar-refractivity contribution < 1.29 is 22.8 Å². The fourth-order valence-electron chi connectivity index (χ4n) is 4.64. The van der Waals surface area contributed by atoms with Gasteiger partial charge in [-0.15, -0.1) is 0 Å². The number of aromatic nitrogens is 3. The Morgan fingerprint density at radius 2 is 1.79 bits per heavy atom. The number of halogens is 3. The predicted octanol–water partition coefficient (Wildman–Crippen LogP) is 5.39. The molecule has 0 atom stereocenters. The van der Waals surface area contributed by atoms with Crippen LogP contribution in [0.1, 0.15) is 42.5 Å². The summed E-state index contributed by atoms with van der Waals surface area (Å²) in [5.74, 6) is 0.0220. The van der Waals surface area contributed by atoms with E-state index >= 15 is 0 Å². The summed E-state index contributed by atoms with van der Waals surface area (Å²) < 4.78 is 39.6. The SMILES string of the molecule is O=C1NC(=O)C(=Cc2ccnc(N[C@H]3CC[C@H](NCc4cccnc4-c4cccc(C(F)(F)F)c4)CC3)n2)S1. The van der Waals surface area contributed by atoms with Crippen LogP contribution in [-0.2, 0) is 17.5 Å². The molecule has 1 aliphatic heterocycles. The minimum Gasteiger partial charge on any atom is -0.351 e. The first-order valence-corrected chi connectivity index (χ1v) is 13.3. The third-order valence-electron chi connectivity index (χ3n) is 6.59. The Bertz CT molecular complexity index is 1410. The molecule has 3 N–H and O–H groups in total. The number of benzene rings is 1. The van der Waals surface area contributed by atoms with Gasteiger partial charge in [-0.2, -0.15) is 13.2 Å². The number of pyridine rings is 1. The monoisotopic (exact) mass is 554 g/mol. The van der Waals surface area contributed by atoms with E-state index in [2.05, 4.69) is 30.9 Å². The van der Waals surface area contributed by atoms with E-state index in [0.29, 0.717) is 34.3 Å². The maximum Gasteiger partial charge on any atom is 0.416 e. The van der Waals surface area contributed by atoms with Gasteiger partial charge in [-0.05, 0) is 73.4 Å². The van der Waals surface area contributed by atoms with Crippen molar-refractivity contribution in [3.05, 3.63) is 76.6 Å². The van der Waals surface area contributed by atoms with Gasteiger partial charge >= 0.3 is 6.18 Å². The number of imide groups is 1. The number of carbonyl (C=O) groups excluding carboxylic acids is 2. The smallest absolute Gasteiger partial charge is 0.351 e. The molecule has 2 amide bonds. The highest BCUT2D eigenvalue weighted by Crippen LogP contribution is 2.33. The number of hydrogen-bond acceptors (Lipinski definition) is 8. The van der Waals surface area contributed by atoms with Crippen molar-refractivity contribution >= 4 is 34.9 Å². The van der Waals surface area contributed by atoms with Crippen LogP contribution in [0.2, 0.25) is 0 Å². The number of nitrogens with zero attached hydrogens (tertiary/aromatic N) is 3. The summed E-state index contributed by atoms with van der Waals surface area (Å²) in [6.07, 6.45) is 3.91. The molecule has 8 nitrogen and oxygen atoms in total. The van der Waals surface area contributed by atoms with Crippen LogP contribution in [0, 0.1) is 0 Å². The Hall–Kier alpha value is -3.77. The molecule has 0 bridgehead atoms. The molecule has 1 aromatic carbocycles. The van der Waals surface area contributed by atoms with Crippen molar-refractivity contribution in [2.75, 3.05) is 5.32 Å². The number of nitrogens with one attached hydrogen (secondary N) is 3. The second kappa shape index (κ2) is 11.5. The molecular formula is C27H25F3N6O2S. The number of amides is 2. The van der Waals surface area contributed by atoms with Crippen molar-refractivity contribution in [2.24, 2.45) is 0 Å². The quantitative estimate of drug-likeness (QED) is 0.334. The van der Waals surface area contributed by atoms with E-state index in [-0.39, 0.29) is 12.1 Å². The number of rotatable bonds is 7. The van der Waals surface area contributed by atoms with Gasteiger partial charge in [0.2, 0.25) is 5.95 Å². The minimum absolute atomic E-state index is 0.177. The Morgan fingerprint density at radius 3 is 2.54 bits per heavy atom. The lowest BCUT2D eigenvalue weighted by Crippen LogP contribution is -2.37. The Morgan fingerprint density at radius 1 is 1.00 bits per heavy atom. The molecule has 3 aromatic rings. The second-order valence-corrected chi connectivity index (χ2v) is 10.3. The molecule has 202 valence electrons. The summed E-state index contributed by atoms with van der Waals surface area (Å²) in [7, 11) is 0. The van der Waals surface area contributed by atoms with Crippen LogP contribution >= 0.6 is 11.8 Å². The van der Waals surface area contributed by atoms with Crippen LogP contribution in [0.15, 0.2) is 59.8 Å². The van der Waals surface area contributed by atoms with Crippen molar-refractivity contribution in [3.8, 4) is 11.3 Å². The van der Waals surface area contributed by atoms with E-state index in [9.17, 15) is 22.8 Å². The van der Waals surface area contributed by atoms with Gasteiger partial charge in [0.25, 0.3) is 11.1 Å². The van der Waals surface area contributed by atoms with E-state index in [4.69, 9.17) is 0 Å². The average molecular weight is 555 g/mol. The maximum atomic E-state index is 13.2. The highest BCUT2D eigenvalue weighted by atomic mass is 32.2. The Labute approximate surface area is 226 Å². The number of carbonyl (C=O) groups is 2. The summed E-state index contributed by atoms with van der Waals surface area (Å²) >= 11 is 0.839. The van der Waals surface area contributed by atoms with Crippen LogP contribution in [0.3, 0.4) is 0 Å². The zero-order chi connectivity index (χ0) is 27.4. The van der Waals surface area contributed by atoms with E-state index in [1.807, 2.05) is 6.07 Å². The van der Waals surface area contributed by atoms with Crippen LogP contribution in [0.4, 0.5) is 23.9 Å². The van der Waals surface area contributed by atoms with Crippen molar-refractivity contribution in [1.82, 2.24) is 25.6 Å². The molecule has 2 aromatic heterocycles. The van der Waals surface area contributed by atoms with Crippen LogP contribution < -0.4 is 16.0 Å². The van der Waals surface area contributed by atoms with Crippen LogP contribution in [0.5, 0.6) is 0 Å². The highest BCUT2D eigenvalue weighted by Gasteiger charge is 2.31. The van der Waals surface area contributed by atoms with Crippen molar-refractivity contribution in [1.29, 1.82) is 0 Å².